The number of hydrogen-bond donors (Lipinski definition) is 4. The number of sulfonamides is 1. The lowest BCUT2D eigenvalue weighted by atomic mass is 9.96. The topological polar surface area (TPSA) is 140 Å². The Morgan fingerprint density at radius 1 is 1.11 bits per heavy atom. The van der Waals surface area contributed by atoms with Crippen LogP contribution >= 0.6 is 0 Å². The summed E-state index contributed by atoms with van der Waals surface area (Å²) in [7, 11) is -3.87. The molecule has 6 N–H and O–H groups in total. The Bertz CT molecular complexity index is 1220. The Labute approximate surface area is 219 Å². The molecule has 0 aliphatic rings. The van der Waals surface area contributed by atoms with Crippen molar-refractivity contribution in [1.82, 2.24) is 10.6 Å². The normalized spacial score (nSPS) is 14.7. The third kappa shape index (κ3) is 10.4. The van der Waals surface area contributed by atoms with Gasteiger partial charge in [-0.2, -0.15) is 0 Å². The Morgan fingerprint density at radius 2 is 1.70 bits per heavy atom. The fourth-order valence-corrected chi connectivity index (χ4v) is 4.25. The zero-order valence-electron chi connectivity index (χ0n) is 22.1. The number of allylic oxidation sites excluding steroid dienone is 1. The van der Waals surface area contributed by atoms with Crippen LogP contribution in [0.2, 0.25) is 0 Å². The van der Waals surface area contributed by atoms with Crippen molar-refractivity contribution in [2.24, 2.45) is 15.9 Å². The number of rotatable bonds is 9. The van der Waals surface area contributed by atoms with Gasteiger partial charge in [0, 0.05) is 17.1 Å². The zero-order chi connectivity index (χ0) is 27.8. The summed E-state index contributed by atoms with van der Waals surface area (Å²) in [6.45, 7) is 9.91. The highest BCUT2D eigenvalue weighted by molar-refractivity contribution is 7.89. The van der Waals surface area contributed by atoms with E-state index in [1.165, 1.54) is 36.4 Å². The van der Waals surface area contributed by atoms with Gasteiger partial charge in [-0.15, -0.1) is 0 Å². The van der Waals surface area contributed by atoms with Crippen molar-refractivity contribution < 1.29 is 17.6 Å². The Balaban J connectivity index is 2.36. The smallest absolute Gasteiger partial charge is 0.257 e. The molecule has 2 aromatic rings. The average Bonchev–Trinajstić information content (AvgIpc) is 2.78. The highest BCUT2D eigenvalue weighted by Gasteiger charge is 2.21. The fourth-order valence-electron chi connectivity index (χ4n) is 3.73. The number of carbonyl (C=O) groups excluding carboxylic acids is 1. The van der Waals surface area contributed by atoms with E-state index in [1.54, 1.807) is 12.1 Å². The van der Waals surface area contributed by atoms with Gasteiger partial charge in [0.15, 0.2) is 5.96 Å². The van der Waals surface area contributed by atoms with E-state index in [4.69, 9.17) is 15.9 Å². The van der Waals surface area contributed by atoms with Gasteiger partial charge in [0.1, 0.15) is 5.82 Å². The number of aliphatic imine (C=N–C) groups is 1. The summed E-state index contributed by atoms with van der Waals surface area (Å²) in [5, 5.41) is 11.2. The Kier molecular flexibility index (Phi) is 10.5. The third-order valence-corrected chi connectivity index (χ3v) is 6.35. The minimum absolute atomic E-state index is 0.0845. The van der Waals surface area contributed by atoms with Crippen LogP contribution in [0.15, 0.2) is 70.1 Å². The van der Waals surface area contributed by atoms with Crippen LogP contribution < -0.4 is 21.5 Å². The Hall–Kier alpha value is -3.08. The lowest BCUT2D eigenvalue weighted by Gasteiger charge is -2.26. The molecule has 0 spiro atoms. The first-order chi connectivity index (χ1) is 17.2. The first-order valence-corrected chi connectivity index (χ1v) is 13.7. The maximum absolute atomic E-state index is 13.4. The second kappa shape index (κ2) is 12.9. The van der Waals surface area contributed by atoms with Crippen LogP contribution in [0.4, 0.5) is 4.39 Å². The first kappa shape index (κ1) is 30.1. The highest BCUT2D eigenvalue weighted by Crippen LogP contribution is 2.22. The van der Waals surface area contributed by atoms with Gasteiger partial charge in [0.25, 0.3) is 5.91 Å². The van der Waals surface area contributed by atoms with Gasteiger partial charge in [-0.1, -0.05) is 30.7 Å². The van der Waals surface area contributed by atoms with E-state index < -0.39 is 21.5 Å². The van der Waals surface area contributed by atoms with Crippen molar-refractivity contribution in [2.45, 2.75) is 76.4 Å². The summed E-state index contributed by atoms with van der Waals surface area (Å²) in [5.41, 5.74) is 8.23. The molecule has 0 bridgehead atoms. The molecule has 37 heavy (non-hydrogen) atoms. The van der Waals surface area contributed by atoms with Gasteiger partial charge in [-0.3, -0.25) is 10.1 Å². The van der Waals surface area contributed by atoms with Crippen LogP contribution in [-0.4, -0.2) is 31.9 Å². The molecular formula is C27H38FN5O3S. The quantitative estimate of drug-likeness (QED) is 0.219. The summed E-state index contributed by atoms with van der Waals surface area (Å²) in [6.07, 6.45) is 4.09. The molecule has 0 aliphatic carbocycles. The molecule has 0 aliphatic heterocycles. The van der Waals surface area contributed by atoms with Crippen LogP contribution in [0.3, 0.4) is 0 Å². The third-order valence-electron chi connectivity index (χ3n) is 5.42. The van der Waals surface area contributed by atoms with Gasteiger partial charge in [-0.25, -0.2) is 22.9 Å². The summed E-state index contributed by atoms with van der Waals surface area (Å²) in [6, 6.07) is 10.8. The maximum Gasteiger partial charge on any atom is 0.257 e. The number of nitrogens with zero attached hydrogens (tertiary/aromatic N) is 1. The molecule has 2 unspecified atom stereocenters. The minimum Gasteiger partial charge on any atom is -0.351 e. The van der Waals surface area contributed by atoms with Crippen molar-refractivity contribution in [3.63, 3.8) is 0 Å². The minimum atomic E-state index is -3.87. The van der Waals surface area contributed by atoms with Gasteiger partial charge in [0.05, 0.1) is 10.9 Å². The molecule has 10 heteroatoms. The van der Waals surface area contributed by atoms with Crippen molar-refractivity contribution in [3.05, 3.63) is 77.1 Å². The fraction of sp³-hybridized carbons (Fsp3) is 0.407. The molecule has 2 atom stereocenters. The van der Waals surface area contributed by atoms with Gasteiger partial charge < -0.3 is 11.1 Å². The van der Waals surface area contributed by atoms with E-state index in [2.05, 4.69) is 23.6 Å². The molecule has 0 aromatic heterocycles. The molecule has 0 fully saturated rings. The standard InChI is InChI=1S/C27H38FN5O3S/c1-6-7-18(2)16-22(17-24(29)19-8-12-21(28)13-9-19)31-26(33-27(3,4)5)32-25(34)20-10-14-23(15-11-20)37(30,35)36/h7-15,22,24H,6,16-17,29H2,1-5H3,(H2,30,35,36)(H2,31,32,33,34)/b18-7-. The van der Waals surface area contributed by atoms with Crippen LogP contribution in [0, 0.1) is 5.82 Å². The number of amides is 1. The molecule has 202 valence electrons. The number of carbonyl (C=O) groups is 1. The predicted octanol–water partition coefficient (Wildman–Crippen LogP) is 4.15. The van der Waals surface area contributed by atoms with Crippen LogP contribution in [-0.2, 0) is 10.0 Å². The lowest BCUT2D eigenvalue weighted by molar-refractivity contribution is 0.0975. The number of halogens is 1. The van der Waals surface area contributed by atoms with Gasteiger partial charge in [0.2, 0.25) is 10.0 Å². The number of benzene rings is 2. The van der Waals surface area contributed by atoms with Crippen molar-refractivity contribution in [2.75, 3.05) is 0 Å². The number of guanidine groups is 1. The summed E-state index contributed by atoms with van der Waals surface area (Å²) >= 11 is 0. The van der Waals surface area contributed by atoms with E-state index in [0.717, 1.165) is 17.6 Å². The molecule has 0 radical (unpaired) electrons. The van der Waals surface area contributed by atoms with Crippen molar-refractivity contribution >= 4 is 21.9 Å². The molecule has 0 saturated carbocycles. The SMILES string of the molecule is CC/C=C(/C)CC(CC(N)c1ccc(F)cc1)N=C(NC(=O)c1ccc(S(N)(=O)=O)cc1)NC(C)(C)C. The predicted molar refractivity (Wildman–Crippen MR) is 146 cm³/mol. The van der Waals surface area contributed by atoms with E-state index in [0.29, 0.717) is 12.8 Å². The van der Waals surface area contributed by atoms with Crippen LogP contribution in [0.25, 0.3) is 0 Å². The summed E-state index contributed by atoms with van der Waals surface area (Å²) < 4.78 is 36.4. The van der Waals surface area contributed by atoms with Crippen LogP contribution in [0.1, 0.15) is 75.8 Å². The summed E-state index contributed by atoms with van der Waals surface area (Å²) in [5.74, 6) is -0.517. The number of hydrogen-bond acceptors (Lipinski definition) is 5. The molecule has 0 heterocycles. The van der Waals surface area contributed by atoms with Crippen molar-refractivity contribution in [1.29, 1.82) is 0 Å². The van der Waals surface area contributed by atoms with E-state index >= 15 is 0 Å². The number of nitrogens with one attached hydrogen (secondary N) is 2. The van der Waals surface area contributed by atoms with E-state index in [-0.39, 0.29) is 34.3 Å². The molecule has 8 nitrogen and oxygen atoms in total. The zero-order valence-corrected chi connectivity index (χ0v) is 22.9. The van der Waals surface area contributed by atoms with Crippen molar-refractivity contribution in [3.8, 4) is 0 Å². The molecule has 0 saturated heterocycles. The largest absolute Gasteiger partial charge is 0.351 e. The second-order valence-electron chi connectivity index (χ2n) is 10.1. The van der Waals surface area contributed by atoms with E-state index in [9.17, 15) is 17.6 Å². The monoisotopic (exact) mass is 531 g/mol. The molecule has 2 aromatic carbocycles. The molecular weight excluding hydrogens is 493 g/mol. The summed E-state index contributed by atoms with van der Waals surface area (Å²) in [4.78, 5) is 17.8. The first-order valence-electron chi connectivity index (χ1n) is 12.1. The lowest BCUT2D eigenvalue weighted by Crippen LogP contribution is -2.50. The van der Waals surface area contributed by atoms with Gasteiger partial charge >= 0.3 is 0 Å². The second-order valence-corrected chi connectivity index (χ2v) is 11.6. The van der Waals surface area contributed by atoms with Crippen LogP contribution in [0.5, 0.6) is 0 Å². The van der Waals surface area contributed by atoms with Gasteiger partial charge in [-0.05, 0) is 88.9 Å². The van der Waals surface area contributed by atoms with E-state index in [1.807, 2.05) is 27.7 Å². The maximum atomic E-state index is 13.4. The highest BCUT2D eigenvalue weighted by atomic mass is 32.2. The Morgan fingerprint density at radius 3 is 2.22 bits per heavy atom. The number of primary sulfonamides is 1. The molecule has 2 rings (SSSR count). The average molecular weight is 532 g/mol. The molecule has 1 amide bonds. The number of nitrogens with two attached hydrogens (primary N) is 2.